The monoisotopic (exact) mass is 218 g/mol. The van der Waals surface area contributed by atoms with Crippen LogP contribution in [-0.2, 0) is 0 Å². The molecule has 0 bridgehead atoms. The minimum absolute atomic E-state index is 0.00249. The minimum atomic E-state index is -0.299. The predicted molar refractivity (Wildman–Crippen MR) is 60.2 cm³/mol. The van der Waals surface area contributed by atoms with Gasteiger partial charge in [-0.2, -0.15) is 5.26 Å². The fourth-order valence-corrected chi connectivity index (χ4v) is 1.91. The quantitative estimate of drug-likeness (QED) is 0.846. The van der Waals surface area contributed by atoms with E-state index in [1.807, 2.05) is 13.0 Å². The van der Waals surface area contributed by atoms with E-state index in [1.165, 1.54) is 12.5 Å². The van der Waals surface area contributed by atoms with Crippen molar-refractivity contribution >= 4 is 0 Å². The zero-order chi connectivity index (χ0) is 11.7. The summed E-state index contributed by atoms with van der Waals surface area (Å²) in [4.78, 5) is 0. The number of halogens is 1. The van der Waals surface area contributed by atoms with Gasteiger partial charge in [-0.25, -0.2) is 4.39 Å². The molecule has 0 spiro atoms. The van der Waals surface area contributed by atoms with Crippen LogP contribution in [0.5, 0.6) is 0 Å². The lowest BCUT2D eigenvalue weighted by Gasteiger charge is -2.14. The van der Waals surface area contributed by atoms with Crippen LogP contribution in [-0.4, -0.2) is 6.04 Å². The van der Waals surface area contributed by atoms with E-state index in [1.54, 1.807) is 12.1 Å². The lowest BCUT2D eigenvalue weighted by Crippen LogP contribution is -2.22. The van der Waals surface area contributed by atoms with Crippen LogP contribution >= 0.6 is 0 Å². The lowest BCUT2D eigenvalue weighted by atomic mass is 10.1. The number of nitrogens with one attached hydrogen (secondary N) is 1. The smallest absolute Gasteiger partial charge is 0.129 e. The van der Waals surface area contributed by atoms with Gasteiger partial charge < -0.3 is 5.32 Å². The average Bonchev–Trinajstić information content (AvgIpc) is 2.93. The summed E-state index contributed by atoms with van der Waals surface area (Å²) in [6.07, 6.45) is 1.17. The van der Waals surface area contributed by atoms with E-state index in [-0.39, 0.29) is 11.9 Å². The molecule has 2 nitrogen and oxygen atoms in total. The second-order valence-corrected chi connectivity index (χ2v) is 4.56. The second kappa shape index (κ2) is 4.23. The van der Waals surface area contributed by atoms with Gasteiger partial charge in [0.1, 0.15) is 5.82 Å². The highest BCUT2D eigenvalue weighted by molar-refractivity contribution is 5.34. The number of nitrogens with zero attached hydrogens (tertiary/aromatic N) is 1. The molecule has 16 heavy (non-hydrogen) atoms. The first kappa shape index (κ1) is 11.1. The maximum absolute atomic E-state index is 13.7. The molecule has 0 saturated heterocycles. The van der Waals surface area contributed by atoms with Gasteiger partial charge in [0, 0.05) is 17.6 Å². The summed E-state index contributed by atoms with van der Waals surface area (Å²) in [6.45, 7) is 4.13. The van der Waals surface area contributed by atoms with Crippen LogP contribution in [0.1, 0.15) is 37.4 Å². The third-order valence-electron chi connectivity index (χ3n) is 3.17. The van der Waals surface area contributed by atoms with Crippen molar-refractivity contribution in [1.29, 1.82) is 5.26 Å². The van der Waals surface area contributed by atoms with Gasteiger partial charge in [0.15, 0.2) is 0 Å². The Morgan fingerprint density at radius 3 is 2.75 bits per heavy atom. The SMILES string of the molecule is CC(NC1CC1C)c1ccc(C#N)cc1F. The molecule has 3 heteroatoms. The number of hydrogen-bond acceptors (Lipinski definition) is 2. The van der Waals surface area contributed by atoms with Crippen molar-refractivity contribution in [3.63, 3.8) is 0 Å². The number of hydrogen-bond donors (Lipinski definition) is 1. The van der Waals surface area contributed by atoms with Crippen LogP contribution < -0.4 is 5.32 Å². The predicted octanol–water partition coefficient (Wildman–Crippen LogP) is 2.76. The first-order chi connectivity index (χ1) is 7.61. The molecule has 0 radical (unpaired) electrons. The van der Waals surface area contributed by atoms with Crippen LogP contribution in [0, 0.1) is 23.1 Å². The maximum atomic E-state index is 13.7. The third kappa shape index (κ3) is 2.23. The van der Waals surface area contributed by atoms with Gasteiger partial charge in [-0.15, -0.1) is 0 Å². The molecule has 1 saturated carbocycles. The third-order valence-corrected chi connectivity index (χ3v) is 3.17. The van der Waals surface area contributed by atoms with Crippen molar-refractivity contribution in [3.8, 4) is 6.07 Å². The molecule has 1 fully saturated rings. The summed E-state index contributed by atoms with van der Waals surface area (Å²) in [7, 11) is 0. The van der Waals surface area contributed by atoms with E-state index < -0.39 is 0 Å². The zero-order valence-corrected chi connectivity index (χ0v) is 9.50. The summed E-state index contributed by atoms with van der Waals surface area (Å²) >= 11 is 0. The van der Waals surface area contributed by atoms with E-state index in [2.05, 4.69) is 12.2 Å². The molecule has 1 N–H and O–H groups in total. The Bertz CT molecular complexity index is 436. The zero-order valence-electron chi connectivity index (χ0n) is 9.50. The van der Waals surface area contributed by atoms with E-state index in [4.69, 9.17) is 5.26 Å². The first-order valence-electron chi connectivity index (χ1n) is 5.57. The average molecular weight is 218 g/mol. The van der Waals surface area contributed by atoms with Crippen LogP contribution in [0.3, 0.4) is 0 Å². The van der Waals surface area contributed by atoms with Gasteiger partial charge in [-0.05, 0) is 31.4 Å². The molecule has 3 atom stereocenters. The Kier molecular flexibility index (Phi) is 2.93. The number of benzene rings is 1. The number of nitriles is 1. The molecule has 2 rings (SSSR count). The molecule has 0 amide bonds. The topological polar surface area (TPSA) is 35.8 Å². The summed E-state index contributed by atoms with van der Waals surface area (Å²) in [5, 5.41) is 12.0. The van der Waals surface area contributed by atoms with Crippen LogP contribution in [0.4, 0.5) is 4.39 Å². The fraction of sp³-hybridized carbons (Fsp3) is 0.462. The van der Waals surface area contributed by atoms with Crippen molar-refractivity contribution in [1.82, 2.24) is 5.32 Å². The first-order valence-corrected chi connectivity index (χ1v) is 5.57. The van der Waals surface area contributed by atoms with Gasteiger partial charge in [-0.3, -0.25) is 0 Å². The van der Waals surface area contributed by atoms with Gasteiger partial charge in [0.05, 0.1) is 11.6 Å². The molecule has 1 aromatic carbocycles. The van der Waals surface area contributed by atoms with Gasteiger partial charge in [-0.1, -0.05) is 13.0 Å². The van der Waals surface area contributed by atoms with Crippen molar-refractivity contribution in [2.45, 2.75) is 32.4 Å². The molecular weight excluding hydrogens is 203 g/mol. The van der Waals surface area contributed by atoms with Crippen molar-refractivity contribution < 1.29 is 4.39 Å². The molecule has 0 aromatic heterocycles. The van der Waals surface area contributed by atoms with Crippen molar-refractivity contribution in [2.24, 2.45) is 5.92 Å². The molecule has 1 aromatic rings. The largest absolute Gasteiger partial charge is 0.307 e. The molecule has 3 unspecified atom stereocenters. The van der Waals surface area contributed by atoms with Crippen molar-refractivity contribution in [3.05, 3.63) is 35.1 Å². The molecule has 0 aliphatic heterocycles. The summed E-state index contributed by atoms with van der Waals surface area (Å²) in [6, 6.07) is 7.10. The summed E-state index contributed by atoms with van der Waals surface area (Å²) in [5.74, 6) is 0.399. The van der Waals surface area contributed by atoms with Crippen molar-refractivity contribution in [2.75, 3.05) is 0 Å². The van der Waals surface area contributed by atoms with Crippen LogP contribution in [0.2, 0.25) is 0 Å². The Balaban J connectivity index is 2.11. The normalized spacial score (nSPS) is 24.9. The second-order valence-electron chi connectivity index (χ2n) is 4.56. The number of rotatable bonds is 3. The Morgan fingerprint density at radius 2 is 2.25 bits per heavy atom. The highest BCUT2D eigenvalue weighted by atomic mass is 19.1. The van der Waals surface area contributed by atoms with Gasteiger partial charge in [0.25, 0.3) is 0 Å². The fourth-order valence-electron chi connectivity index (χ4n) is 1.91. The van der Waals surface area contributed by atoms with Gasteiger partial charge >= 0.3 is 0 Å². The molecule has 84 valence electrons. The lowest BCUT2D eigenvalue weighted by molar-refractivity contribution is 0.515. The standard InChI is InChI=1S/C13H15FN2/c1-8-5-13(8)16-9(2)11-4-3-10(7-15)6-12(11)14/h3-4,6,8-9,13,16H,5H2,1-2H3. The van der Waals surface area contributed by atoms with Crippen LogP contribution in [0.15, 0.2) is 18.2 Å². The van der Waals surface area contributed by atoms with Gasteiger partial charge in [0.2, 0.25) is 0 Å². The minimum Gasteiger partial charge on any atom is -0.307 e. The van der Waals surface area contributed by atoms with E-state index in [0.29, 0.717) is 23.1 Å². The highest BCUT2D eigenvalue weighted by Gasteiger charge is 2.33. The van der Waals surface area contributed by atoms with E-state index in [9.17, 15) is 4.39 Å². The Labute approximate surface area is 95.1 Å². The Morgan fingerprint density at radius 1 is 1.56 bits per heavy atom. The maximum Gasteiger partial charge on any atom is 0.129 e. The van der Waals surface area contributed by atoms with Crippen LogP contribution in [0.25, 0.3) is 0 Å². The summed E-state index contributed by atoms with van der Waals surface area (Å²) < 4.78 is 13.7. The molecule has 1 aliphatic carbocycles. The highest BCUT2D eigenvalue weighted by Crippen LogP contribution is 2.32. The summed E-state index contributed by atoms with van der Waals surface area (Å²) in [5.41, 5.74) is 1.01. The van der Waals surface area contributed by atoms with E-state index in [0.717, 1.165) is 0 Å². The van der Waals surface area contributed by atoms with E-state index >= 15 is 0 Å². The molecular formula is C13H15FN2. The molecule has 1 aliphatic rings. The molecule has 0 heterocycles. The Hall–Kier alpha value is -1.40.